The van der Waals surface area contributed by atoms with Gasteiger partial charge < -0.3 is 15.0 Å². The van der Waals surface area contributed by atoms with Crippen molar-refractivity contribution in [2.24, 2.45) is 4.99 Å². The Morgan fingerprint density at radius 3 is 2.60 bits per heavy atom. The highest BCUT2D eigenvalue weighted by Gasteiger charge is 2.44. The second-order valence-corrected chi connectivity index (χ2v) is 10.7. The number of methoxy groups -OCH3 is 1. The number of hydrogen-bond donors (Lipinski definition) is 1. The predicted octanol–water partition coefficient (Wildman–Crippen LogP) is 2.72. The van der Waals surface area contributed by atoms with Crippen LogP contribution in [0, 0.1) is 6.92 Å². The number of aryl methyl sites for hydroxylation is 1. The number of benzene rings is 2. The number of carbonyl (C=O) groups is 1. The molecule has 1 N–H and O–H groups in total. The number of rotatable bonds is 5. The minimum absolute atomic E-state index is 0.0681. The molecule has 2 aromatic carbocycles. The van der Waals surface area contributed by atoms with E-state index in [-0.39, 0.29) is 35.2 Å². The number of sulfone groups is 1. The second kappa shape index (κ2) is 8.31. The Bertz CT molecular complexity index is 1080. The number of carbonyl (C=O) groups excluding carboxylic acids is 1. The van der Waals surface area contributed by atoms with E-state index in [1.165, 1.54) is 11.8 Å². The zero-order valence-corrected chi connectivity index (χ0v) is 18.4. The van der Waals surface area contributed by atoms with Gasteiger partial charge in [-0.15, -0.1) is 0 Å². The minimum atomic E-state index is -3.04. The van der Waals surface area contributed by atoms with E-state index in [1.54, 1.807) is 7.11 Å². The molecule has 0 radical (unpaired) electrons. The van der Waals surface area contributed by atoms with Crippen molar-refractivity contribution in [3.8, 4) is 5.75 Å². The third-order valence-electron chi connectivity index (χ3n) is 5.14. The van der Waals surface area contributed by atoms with Gasteiger partial charge in [-0.2, -0.15) is 0 Å². The van der Waals surface area contributed by atoms with Gasteiger partial charge in [0.05, 0.1) is 24.7 Å². The van der Waals surface area contributed by atoms with Crippen molar-refractivity contribution in [1.82, 2.24) is 0 Å². The molecule has 30 heavy (non-hydrogen) atoms. The molecule has 0 saturated carbocycles. The third-order valence-corrected chi connectivity index (χ3v) is 8.39. The van der Waals surface area contributed by atoms with E-state index in [1.807, 2.05) is 60.4 Å². The van der Waals surface area contributed by atoms with Gasteiger partial charge in [-0.1, -0.05) is 30.0 Å². The van der Waals surface area contributed by atoms with Crippen molar-refractivity contribution in [3.63, 3.8) is 0 Å². The van der Waals surface area contributed by atoms with E-state index >= 15 is 0 Å². The summed E-state index contributed by atoms with van der Waals surface area (Å²) in [6.45, 7) is 2.01. The number of aliphatic imine (C=N–C) groups is 1. The lowest BCUT2D eigenvalue weighted by atomic mass is 10.2. The quantitative estimate of drug-likeness (QED) is 0.761. The fourth-order valence-electron chi connectivity index (χ4n) is 3.55. The number of thioether (sulfide) groups is 1. The van der Waals surface area contributed by atoms with Gasteiger partial charge in [0.2, 0.25) is 5.91 Å². The van der Waals surface area contributed by atoms with E-state index < -0.39 is 9.84 Å². The molecule has 158 valence electrons. The summed E-state index contributed by atoms with van der Waals surface area (Å²) in [5.41, 5.74) is 2.54. The first kappa shape index (κ1) is 20.7. The van der Waals surface area contributed by atoms with Gasteiger partial charge in [0.25, 0.3) is 0 Å². The Morgan fingerprint density at radius 1 is 1.20 bits per heavy atom. The lowest BCUT2D eigenvalue weighted by Crippen LogP contribution is -2.36. The van der Waals surface area contributed by atoms with Gasteiger partial charge in [-0.3, -0.25) is 9.79 Å². The summed E-state index contributed by atoms with van der Waals surface area (Å²) in [5, 5.41) is 3.53. The van der Waals surface area contributed by atoms with Crippen LogP contribution in [0.1, 0.15) is 5.56 Å². The van der Waals surface area contributed by atoms with Gasteiger partial charge in [-0.25, -0.2) is 8.42 Å². The molecule has 2 atom stereocenters. The molecular weight excluding hydrogens is 422 g/mol. The zero-order chi connectivity index (χ0) is 21.3. The molecule has 0 aliphatic carbocycles. The first-order valence-corrected chi connectivity index (χ1v) is 12.3. The van der Waals surface area contributed by atoms with E-state index in [0.717, 1.165) is 16.9 Å². The summed E-state index contributed by atoms with van der Waals surface area (Å²) in [6, 6.07) is 14.7. The number of nitrogens with zero attached hydrogens (tertiary/aromatic N) is 2. The number of amides is 1. The van der Waals surface area contributed by atoms with Crippen molar-refractivity contribution in [2.45, 2.75) is 18.2 Å². The minimum Gasteiger partial charge on any atom is -0.497 e. The highest BCUT2D eigenvalue weighted by atomic mass is 32.2. The fraction of sp³-hybridized carbons (Fsp3) is 0.333. The maximum atomic E-state index is 12.8. The first-order chi connectivity index (χ1) is 14.3. The van der Waals surface area contributed by atoms with Gasteiger partial charge in [0.1, 0.15) is 12.3 Å². The molecule has 2 aliphatic rings. The van der Waals surface area contributed by atoms with Gasteiger partial charge >= 0.3 is 0 Å². The van der Waals surface area contributed by atoms with Crippen LogP contribution in [0.4, 0.5) is 11.4 Å². The van der Waals surface area contributed by atoms with Gasteiger partial charge in [-0.05, 0) is 42.8 Å². The van der Waals surface area contributed by atoms with E-state index in [9.17, 15) is 13.2 Å². The number of nitrogens with one attached hydrogen (secondary N) is 1. The Morgan fingerprint density at radius 2 is 1.93 bits per heavy atom. The largest absolute Gasteiger partial charge is 0.497 e. The normalized spacial score (nSPS) is 21.6. The predicted molar refractivity (Wildman–Crippen MR) is 121 cm³/mol. The van der Waals surface area contributed by atoms with Crippen LogP contribution in [0.3, 0.4) is 0 Å². The average Bonchev–Trinajstić information content (AvgIpc) is 3.21. The van der Waals surface area contributed by atoms with Crippen LogP contribution in [0.25, 0.3) is 0 Å². The lowest BCUT2D eigenvalue weighted by molar-refractivity contribution is -0.114. The molecule has 1 amide bonds. The number of ether oxygens (including phenoxy) is 1. The van der Waals surface area contributed by atoms with E-state index in [2.05, 4.69) is 10.3 Å². The van der Waals surface area contributed by atoms with Crippen molar-refractivity contribution in [3.05, 3.63) is 54.1 Å². The number of hydrogen-bond acceptors (Lipinski definition) is 7. The van der Waals surface area contributed by atoms with Crippen molar-refractivity contribution >= 4 is 44.0 Å². The van der Waals surface area contributed by atoms with Crippen LogP contribution in [0.5, 0.6) is 5.75 Å². The number of amidine groups is 1. The molecule has 2 heterocycles. The van der Waals surface area contributed by atoms with E-state index in [0.29, 0.717) is 10.9 Å². The van der Waals surface area contributed by atoms with Crippen LogP contribution in [0.2, 0.25) is 0 Å². The molecule has 4 rings (SSSR count). The van der Waals surface area contributed by atoms with E-state index in [4.69, 9.17) is 4.74 Å². The lowest BCUT2D eigenvalue weighted by Gasteiger charge is -2.24. The van der Waals surface area contributed by atoms with Crippen LogP contribution in [-0.4, -0.2) is 55.9 Å². The number of fused-ring (bicyclic) bond motifs is 1. The molecular formula is C21H23N3O4S2. The zero-order valence-electron chi connectivity index (χ0n) is 16.7. The summed E-state index contributed by atoms with van der Waals surface area (Å²) in [4.78, 5) is 19.3. The number of anilines is 2. The van der Waals surface area contributed by atoms with Crippen LogP contribution in [0.15, 0.2) is 53.5 Å². The summed E-state index contributed by atoms with van der Waals surface area (Å²) >= 11 is 1.43. The standard InChI is InChI=1S/C21H23N3O4S2/c1-14-5-3-4-6-17(14)22-20(25)11-24(15-7-9-16(28-2)10-8-15)21-23-18-12-30(26,27)13-19(18)29-21/h3-10,18-19H,11-13H2,1-2H3,(H,22,25)/t18-,19-/m0/s1. The second-order valence-electron chi connectivity index (χ2n) is 7.36. The monoisotopic (exact) mass is 445 g/mol. The molecule has 0 unspecified atom stereocenters. The first-order valence-electron chi connectivity index (χ1n) is 9.56. The summed E-state index contributed by atoms with van der Waals surface area (Å²) in [5.74, 6) is 0.737. The van der Waals surface area contributed by atoms with Crippen LogP contribution in [-0.2, 0) is 14.6 Å². The highest BCUT2D eigenvalue weighted by molar-refractivity contribution is 8.15. The maximum absolute atomic E-state index is 12.8. The topological polar surface area (TPSA) is 88.1 Å². The molecule has 1 fully saturated rings. The van der Waals surface area contributed by atoms with Crippen LogP contribution >= 0.6 is 11.8 Å². The molecule has 1 saturated heterocycles. The maximum Gasteiger partial charge on any atom is 0.244 e. The molecule has 2 aromatic rings. The van der Waals surface area contributed by atoms with Crippen molar-refractivity contribution < 1.29 is 17.9 Å². The summed E-state index contributed by atoms with van der Waals surface area (Å²) < 4.78 is 29.0. The van der Waals surface area contributed by atoms with Crippen molar-refractivity contribution in [2.75, 3.05) is 35.4 Å². The van der Waals surface area contributed by atoms with Gasteiger partial charge in [0.15, 0.2) is 15.0 Å². The molecule has 0 bridgehead atoms. The highest BCUT2D eigenvalue weighted by Crippen LogP contribution is 2.37. The summed E-state index contributed by atoms with van der Waals surface area (Å²) in [6.07, 6.45) is 0. The van der Waals surface area contributed by atoms with Gasteiger partial charge in [0, 0.05) is 16.6 Å². The van der Waals surface area contributed by atoms with Crippen LogP contribution < -0.4 is 15.0 Å². The Hall–Kier alpha value is -2.52. The number of para-hydroxylation sites is 1. The molecule has 9 heteroatoms. The Kier molecular flexibility index (Phi) is 5.75. The molecule has 0 spiro atoms. The third kappa shape index (κ3) is 4.46. The molecule has 7 nitrogen and oxygen atoms in total. The average molecular weight is 446 g/mol. The SMILES string of the molecule is COc1ccc(N(CC(=O)Nc2ccccc2C)C2=N[C@H]3CS(=O)(=O)C[C@@H]3S2)cc1. The molecule has 2 aliphatic heterocycles. The molecule has 0 aromatic heterocycles. The smallest absolute Gasteiger partial charge is 0.244 e. The Balaban J connectivity index is 1.58. The summed E-state index contributed by atoms with van der Waals surface area (Å²) in [7, 11) is -1.44. The van der Waals surface area contributed by atoms with Crippen molar-refractivity contribution in [1.29, 1.82) is 0 Å². The Labute approximate surface area is 180 Å². The fourth-order valence-corrected chi connectivity index (χ4v) is 7.33.